The number of carbonyl (C=O) groups is 3. The van der Waals surface area contributed by atoms with Crippen LogP contribution in [-0.2, 0) is 11.3 Å². The van der Waals surface area contributed by atoms with E-state index in [0.29, 0.717) is 36.9 Å². The summed E-state index contributed by atoms with van der Waals surface area (Å²) in [6.07, 6.45) is 13.1. The average Bonchev–Trinajstić information content (AvgIpc) is 3.20. The number of ether oxygens (including phenoxy) is 6. The van der Waals surface area contributed by atoms with Crippen molar-refractivity contribution < 1.29 is 42.8 Å². The van der Waals surface area contributed by atoms with Gasteiger partial charge in [0.1, 0.15) is 40.9 Å². The minimum atomic E-state index is -0.766. The van der Waals surface area contributed by atoms with Crippen molar-refractivity contribution in [2.24, 2.45) is 0 Å². The smallest absolute Gasteiger partial charge is 0.343 e. The molecule has 0 unspecified atom stereocenters. The van der Waals surface area contributed by atoms with Crippen molar-refractivity contribution in [3.8, 4) is 28.7 Å². The molecule has 0 aromatic heterocycles. The summed E-state index contributed by atoms with van der Waals surface area (Å²) in [4.78, 5) is 39.6. The number of rotatable bonds is 24. The highest BCUT2D eigenvalue weighted by molar-refractivity contribution is 5.97. The topological polar surface area (TPSA) is 107 Å². The maximum absolute atomic E-state index is 13.5. The molecule has 286 valence electrons. The lowest BCUT2D eigenvalue weighted by molar-refractivity contribution is 0.0465. The van der Waals surface area contributed by atoms with Crippen LogP contribution in [0.2, 0.25) is 0 Å². The molecule has 0 aliphatic carbocycles. The van der Waals surface area contributed by atoms with Gasteiger partial charge in [0, 0.05) is 0 Å². The molecule has 0 amide bonds. The molecule has 54 heavy (non-hydrogen) atoms. The molecular formula is C45H52O9. The Kier molecular flexibility index (Phi) is 17.7. The Balaban J connectivity index is 1.37. The fourth-order valence-corrected chi connectivity index (χ4v) is 5.33. The lowest BCUT2D eigenvalue weighted by Crippen LogP contribution is -2.14. The fourth-order valence-electron chi connectivity index (χ4n) is 5.33. The second kappa shape index (κ2) is 23.2. The van der Waals surface area contributed by atoms with E-state index < -0.39 is 17.9 Å². The highest BCUT2D eigenvalue weighted by Crippen LogP contribution is 2.28. The lowest BCUT2D eigenvalue weighted by atomic mass is 10.1. The van der Waals surface area contributed by atoms with Gasteiger partial charge in [-0.1, -0.05) is 64.2 Å². The van der Waals surface area contributed by atoms with Crippen LogP contribution in [0.3, 0.4) is 0 Å². The average molecular weight is 737 g/mol. The van der Waals surface area contributed by atoms with Gasteiger partial charge in [-0.05, 0) is 117 Å². The summed E-state index contributed by atoms with van der Waals surface area (Å²) in [5.74, 6) is -0.0565. The van der Waals surface area contributed by atoms with Crippen LogP contribution in [0.4, 0.5) is 0 Å². The molecule has 4 rings (SSSR count). The Labute approximate surface area is 319 Å². The summed E-state index contributed by atoms with van der Waals surface area (Å²) in [7, 11) is 0. The van der Waals surface area contributed by atoms with E-state index in [1.165, 1.54) is 50.3 Å². The van der Waals surface area contributed by atoms with Crippen molar-refractivity contribution in [2.45, 2.75) is 84.7 Å². The summed E-state index contributed by atoms with van der Waals surface area (Å²) in [6.45, 7) is 9.50. The summed E-state index contributed by atoms with van der Waals surface area (Å²) >= 11 is 0. The second-order valence-corrected chi connectivity index (χ2v) is 12.8. The molecule has 0 heterocycles. The molecular weight excluding hydrogens is 684 g/mol. The van der Waals surface area contributed by atoms with Crippen molar-refractivity contribution in [1.82, 2.24) is 0 Å². The maximum Gasteiger partial charge on any atom is 0.343 e. The van der Waals surface area contributed by atoms with Crippen LogP contribution in [0.25, 0.3) is 0 Å². The zero-order valence-corrected chi connectivity index (χ0v) is 31.5. The molecule has 4 aromatic carbocycles. The second-order valence-electron chi connectivity index (χ2n) is 12.8. The Bertz CT molecular complexity index is 1750. The van der Waals surface area contributed by atoms with Crippen molar-refractivity contribution in [2.75, 3.05) is 19.8 Å². The van der Waals surface area contributed by atoms with Crippen LogP contribution in [-0.4, -0.2) is 37.7 Å². The molecule has 4 aromatic rings. The third kappa shape index (κ3) is 14.1. The molecule has 9 nitrogen and oxygen atoms in total. The van der Waals surface area contributed by atoms with Crippen molar-refractivity contribution in [3.63, 3.8) is 0 Å². The number of hydrogen-bond donors (Lipinski definition) is 0. The fraction of sp³-hybridized carbons (Fsp3) is 0.356. The first-order chi connectivity index (χ1) is 26.4. The minimum Gasteiger partial charge on any atom is -0.494 e. The van der Waals surface area contributed by atoms with Gasteiger partial charge >= 0.3 is 17.9 Å². The first-order valence-electron chi connectivity index (χ1n) is 18.9. The Morgan fingerprint density at radius 3 is 1.57 bits per heavy atom. The van der Waals surface area contributed by atoms with Gasteiger partial charge in [-0.25, -0.2) is 14.4 Å². The molecule has 0 bridgehead atoms. The van der Waals surface area contributed by atoms with Crippen molar-refractivity contribution >= 4 is 17.9 Å². The number of unbranched alkanes of at least 4 members (excludes halogenated alkanes) is 7. The number of benzene rings is 4. The highest BCUT2D eigenvalue weighted by Gasteiger charge is 2.21. The van der Waals surface area contributed by atoms with Crippen molar-refractivity contribution in [3.05, 3.63) is 126 Å². The maximum atomic E-state index is 13.5. The van der Waals surface area contributed by atoms with Gasteiger partial charge in [0.05, 0.1) is 30.9 Å². The van der Waals surface area contributed by atoms with E-state index in [0.717, 1.165) is 43.4 Å². The van der Waals surface area contributed by atoms with Gasteiger partial charge in [-0.2, -0.15) is 0 Å². The SMILES string of the molecule is C=CCCCCCCCCCOc1ccc(COC(=O)c2cc(OC(=O)c3ccc(OCCC)cc3)ccc2OC(=O)c2ccc(OCCC)cc2)cc1. The zero-order valence-electron chi connectivity index (χ0n) is 31.5. The lowest BCUT2D eigenvalue weighted by Gasteiger charge is -2.13. The molecule has 9 heteroatoms. The number of allylic oxidation sites excluding steroid dienone is 1. The Hall–Kier alpha value is -5.57. The van der Waals surface area contributed by atoms with Gasteiger partial charge < -0.3 is 28.4 Å². The number of esters is 3. The molecule has 0 atom stereocenters. The van der Waals surface area contributed by atoms with Gasteiger partial charge in [-0.15, -0.1) is 6.58 Å². The monoisotopic (exact) mass is 736 g/mol. The number of carbonyl (C=O) groups excluding carboxylic acids is 3. The molecule has 0 spiro atoms. The van der Waals surface area contributed by atoms with Gasteiger partial charge in [0.2, 0.25) is 0 Å². The van der Waals surface area contributed by atoms with Crippen LogP contribution in [0.5, 0.6) is 28.7 Å². The van der Waals surface area contributed by atoms with Crippen LogP contribution < -0.4 is 23.7 Å². The van der Waals surface area contributed by atoms with E-state index in [9.17, 15) is 14.4 Å². The van der Waals surface area contributed by atoms with E-state index in [2.05, 4.69) is 6.58 Å². The van der Waals surface area contributed by atoms with Crippen LogP contribution in [0, 0.1) is 0 Å². The Morgan fingerprint density at radius 1 is 0.537 bits per heavy atom. The third-order valence-corrected chi connectivity index (χ3v) is 8.32. The van der Waals surface area contributed by atoms with Gasteiger partial charge in [-0.3, -0.25) is 0 Å². The Morgan fingerprint density at radius 2 is 1.02 bits per heavy atom. The molecule has 0 radical (unpaired) electrons. The first-order valence-corrected chi connectivity index (χ1v) is 18.9. The summed E-state index contributed by atoms with van der Waals surface area (Å²) < 4.78 is 34.0. The molecule has 0 fully saturated rings. The standard InChI is InChI=1S/C45H52O9/c1-4-7-8-9-10-11-12-13-14-31-51-37-21-15-34(16-22-37)33-52-45(48)41-32-40(53-43(46)35-17-23-38(24-18-35)49-29-5-2)27-28-42(41)54-44(47)36-19-25-39(26-20-36)50-30-6-3/h4,15-28,32H,1,5-14,29-31,33H2,2-3H3. The molecule has 0 saturated heterocycles. The molecule has 0 N–H and O–H groups in total. The largest absolute Gasteiger partial charge is 0.494 e. The third-order valence-electron chi connectivity index (χ3n) is 8.32. The van der Waals surface area contributed by atoms with Crippen molar-refractivity contribution in [1.29, 1.82) is 0 Å². The molecule has 0 aliphatic heterocycles. The predicted octanol–water partition coefficient (Wildman–Crippen LogP) is 10.7. The number of hydrogen-bond acceptors (Lipinski definition) is 9. The summed E-state index contributed by atoms with van der Waals surface area (Å²) in [5.41, 5.74) is 1.21. The van der Waals surface area contributed by atoms with E-state index in [4.69, 9.17) is 28.4 Å². The summed E-state index contributed by atoms with van der Waals surface area (Å²) in [5, 5.41) is 0. The van der Waals surface area contributed by atoms with E-state index in [1.807, 2.05) is 44.2 Å². The molecule has 0 saturated carbocycles. The van der Waals surface area contributed by atoms with E-state index >= 15 is 0 Å². The normalized spacial score (nSPS) is 10.6. The highest BCUT2D eigenvalue weighted by atomic mass is 16.6. The minimum absolute atomic E-state index is 0.0466. The van der Waals surface area contributed by atoms with Crippen LogP contribution >= 0.6 is 0 Å². The van der Waals surface area contributed by atoms with Gasteiger partial charge in [0.25, 0.3) is 0 Å². The van der Waals surface area contributed by atoms with Crippen LogP contribution in [0.15, 0.2) is 104 Å². The predicted molar refractivity (Wildman–Crippen MR) is 209 cm³/mol. The zero-order chi connectivity index (χ0) is 38.4. The molecule has 0 aliphatic rings. The summed E-state index contributed by atoms with van der Waals surface area (Å²) in [6, 6.07) is 24.6. The van der Waals surface area contributed by atoms with E-state index in [1.54, 1.807) is 48.5 Å². The first kappa shape index (κ1) is 41.2. The van der Waals surface area contributed by atoms with Gasteiger partial charge in [0.15, 0.2) is 0 Å². The quantitative estimate of drug-likeness (QED) is 0.0301. The van der Waals surface area contributed by atoms with Crippen LogP contribution in [0.1, 0.15) is 115 Å². The van der Waals surface area contributed by atoms with E-state index in [-0.39, 0.29) is 29.2 Å².